The van der Waals surface area contributed by atoms with E-state index >= 15 is 0 Å². The van der Waals surface area contributed by atoms with Gasteiger partial charge in [-0.25, -0.2) is 0 Å². The molecule has 0 aromatic heterocycles. The van der Waals surface area contributed by atoms with Gasteiger partial charge in [-0.15, -0.1) is 0 Å². The van der Waals surface area contributed by atoms with Gasteiger partial charge in [-0.3, -0.25) is 4.79 Å². The molecular weight excluding hydrogens is 410 g/mol. The molecule has 0 saturated heterocycles. The van der Waals surface area contributed by atoms with Gasteiger partial charge in [0.15, 0.2) is 0 Å². The molecule has 0 aromatic carbocycles. The Labute approximate surface area is 207 Å². The van der Waals surface area contributed by atoms with Crippen molar-refractivity contribution in [2.45, 2.75) is 136 Å². The van der Waals surface area contributed by atoms with Crippen molar-refractivity contribution in [2.75, 3.05) is 34.0 Å². The number of ether oxygens (including phenoxy) is 2. The van der Waals surface area contributed by atoms with E-state index in [-0.39, 0.29) is 5.91 Å². The van der Waals surface area contributed by atoms with Crippen LogP contribution in [0.1, 0.15) is 136 Å². The highest BCUT2D eigenvalue weighted by Crippen LogP contribution is 2.21. The number of rotatable bonds is 26. The molecule has 0 aliphatic rings. The molecule has 0 aromatic rings. The number of amides is 1. The molecule has 0 saturated carbocycles. The first-order valence-corrected chi connectivity index (χ1v) is 14.3. The molecule has 0 heterocycles. The first-order valence-electron chi connectivity index (χ1n) is 14.3. The van der Waals surface area contributed by atoms with Crippen LogP contribution in [0.3, 0.4) is 0 Å². The molecule has 0 spiro atoms. The van der Waals surface area contributed by atoms with Gasteiger partial charge in [0, 0.05) is 40.4 Å². The predicted octanol–water partition coefficient (Wildman–Crippen LogP) is 8.08. The first kappa shape index (κ1) is 32.4. The van der Waals surface area contributed by atoms with Gasteiger partial charge in [0.2, 0.25) is 5.91 Å². The van der Waals surface area contributed by atoms with E-state index in [0.717, 1.165) is 37.8 Å². The highest BCUT2D eigenvalue weighted by Gasteiger charge is 2.06. The van der Waals surface area contributed by atoms with Crippen LogP contribution in [0.4, 0.5) is 0 Å². The monoisotopic (exact) mass is 469 g/mol. The molecule has 0 aliphatic carbocycles. The molecule has 0 bridgehead atoms. The van der Waals surface area contributed by atoms with E-state index in [0.29, 0.717) is 13.0 Å². The van der Waals surface area contributed by atoms with Crippen LogP contribution >= 0.6 is 0 Å². The molecule has 4 heteroatoms. The molecule has 1 N–H and O–H groups in total. The Balaban J connectivity index is 3.36. The molecule has 198 valence electrons. The van der Waals surface area contributed by atoms with Gasteiger partial charge in [0.05, 0.1) is 0 Å². The standard InChI is InChI=1S/C29H59NO3/c1-27(19-12-8-6-5-7-11-17-25-32-3)21-15-16-22-28(2)20-13-9-10-14-23-29(31)30-24-18-26-33-4/h27-28H,5-26H2,1-4H3,(H,30,31). The lowest BCUT2D eigenvalue weighted by molar-refractivity contribution is -0.121. The average molecular weight is 470 g/mol. The summed E-state index contributed by atoms with van der Waals surface area (Å²) in [5.41, 5.74) is 0. The summed E-state index contributed by atoms with van der Waals surface area (Å²) in [7, 11) is 3.49. The van der Waals surface area contributed by atoms with Crippen molar-refractivity contribution in [2.24, 2.45) is 11.8 Å². The quantitative estimate of drug-likeness (QED) is 0.130. The number of carbonyl (C=O) groups excluding carboxylic acids is 1. The van der Waals surface area contributed by atoms with Crippen molar-refractivity contribution in [1.82, 2.24) is 5.32 Å². The third-order valence-corrected chi connectivity index (χ3v) is 6.89. The lowest BCUT2D eigenvalue weighted by Crippen LogP contribution is -2.24. The fourth-order valence-electron chi connectivity index (χ4n) is 4.56. The molecule has 0 radical (unpaired) electrons. The molecule has 0 aliphatic heterocycles. The van der Waals surface area contributed by atoms with Crippen LogP contribution < -0.4 is 5.32 Å². The van der Waals surface area contributed by atoms with E-state index in [1.165, 1.54) is 103 Å². The molecule has 33 heavy (non-hydrogen) atoms. The van der Waals surface area contributed by atoms with Gasteiger partial charge in [-0.2, -0.15) is 0 Å². The summed E-state index contributed by atoms with van der Waals surface area (Å²) in [5.74, 6) is 1.95. The van der Waals surface area contributed by atoms with Gasteiger partial charge in [0.25, 0.3) is 0 Å². The summed E-state index contributed by atoms with van der Waals surface area (Å²) < 4.78 is 10.1. The van der Waals surface area contributed by atoms with E-state index in [2.05, 4.69) is 19.2 Å². The van der Waals surface area contributed by atoms with Gasteiger partial charge < -0.3 is 14.8 Å². The lowest BCUT2D eigenvalue weighted by atomic mass is 9.93. The average Bonchev–Trinajstić information content (AvgIpc) is 2.80. The molecule has 2 atom stereocenters. The normalized spacial score (nSPS) is 13.2. The van der Waals surface area contributed by atoms with E-state index in [9.17, 15) is 4.79 Å². The van der Waals surface area contributed by atoms with Crippen LogP contribution in [-0.4, -0.2) is 39.9 Å². The second kappa shape index (κ2) is 26.0. The second-order valence-electron chi connectivity index (χ2n) is 10.4. The number of hydrogen-bond acceptors (Lipinski definition) is 3. The summed E-state index contributed by atoms with van der Waals surface area (Å²) in [6.07, 6.45) is 24.3. The van der Waals surface area contributed by atoms with Crippen molar-refractivity contribution < 1.29 is 14.3 Å². The third-order valence-electron chi connectivity index (χ3n) is 6.89. The Morgan fingerprint density at radius 2 is 0.970 bits per heavy atom. The number of methoxy groups -OCH3 is 2. The Morgan fingerprint density at radius 1 is 0.576 bits per heavy atom. The number of hydrogen-bond donors (Lipinski definition) is 1. The van der Waals surface area contributed by atoms with Gasteiger partial charge >= 0.3 is 0 Å². The second-order valence-corrected chi connectivity index (χ2v) is 10.4. The van der Waals surface area contributed by atoms with Crippen molar-refractivity contribution in [1.29, 1.82) is 0 Å². The third kappa shape index (κ3) is 25.8. The first-order chi connectivity index (χ1) is 16.1. The molecule has 1 amide bonds. The Morgan fingerprint density at radius 3 is 1.48 bits per heavy atom. The maximum absolute atomic E-state index is 11.7. The summed E-state index contributed by atoms with van der Waals surface area (Å²) in [6.45, 7) is 7.25. The van der Waals surface area contributed by atoms with Crippen molar-refractivity contribution >= 4 is 5.91 Å². The van der Waals surface area contributed by atoms with Gasteiger partial charge in [-0.1, -0.05) is 110 Å². The smallest absolute Gasteiger partial charge is 0.219 e. The zero-order valence-electron chi connectivity index (χ0n) is 22.9. The number of unbranched alkanes of at least 4 members (excludes halogenated alkanes) is 10. The highest BCUT2D eigenvalue weighted by atomic mass is 16.5. The zero-order chi connectivity index (χ0) is 24.4. The summed E-state index contributed by atoms with van der Waals surface area (Å²) in [5, 5.41) is 2.97. The maximum Gasteiger partial charge on any atom is 0.219 e. The molecule has 2 unspecified atom stereocenters. The fraction of sp³-hybridized carbons (Fsp3) is 0.966. The van der Waals surface area contributed by atoms with Crippen LogP contribution in [0.5, 0.6) is 0 Å². The SMILES string of the molecule is COCCCCCCCCCC(C)CCCCC(C)CCCCCCC(=O)NCCCOC. The van der Waals surface area contributed by atoms with Crippen LogP contribution in [0.2, 0.25) is 0 Å². The van der Waals surface area contributed by atoms with Crippen LogP contribution in [0.15, 0.2) is 0 Å². The Bertz CT molecular complexity index is 402. The topological polar surface area (TPSA) is 47.6 Å². The highest BCUT2D eigenvalue weighted by molar-refractivity contribution is 5.75. The summed E-state index contributed by atoms with van der Waals surface area (Å²) in [4.78, 5) is 11.7. The molecule has 0 rings (SSSR count). The van der Waals surface area contributed by atoms with Gasteiger partial charge in [-0.05, 0) is 31.1 Å². The number of carbonyl (C=O) groups is 1. The zero-order valence-corrected chi connectivity index (χ0v) is 22.9. The van der Waals surface area contributed by atoms with E-state index in [1.54, 1.807) is 14.2 Å². The van der Waals surface area contributed by atoms with Crippen molar-refractivity contribution in [3.05, 3.63) is 0 Å². The number of nitrogens with one attached hydrogen (secondary N) is 1. The minimum absolute atomic E-state index is 0.197. The molecular formula is C29H59NO3. The minimum Gasteiger partial charge on any atom is -0.385 e. The predicted molar refractivity (Wildman–Crippen MR) is 143 cm³/mol. The van der Waals surface area contributed by atoms with Crippen molar-refractivity contribution in [3.8, 4) is 0 Å². The largest absolute Gasteiger partial charge is 0.385 e. The van der Waals surface area contributed by atoms with E-state index in [1.807, 2.05) is 0 Å². The van der Waals surface area contributed by atoms with E-state index in [4.69, 9.17) is 9.47 Å². The lowest BCUT2D eigenvalue weighted by Gasteiger charge is -2.13. The van der Waals surface area contributed by atoms with Crippen LogP contribution in [-0.2, 0) is 14.3 Å². The van der Waals surface area contributed by atoms with Crippen LogP contribution in [0, 0.1) is 11.8 Å². The maximum atomic E-state index is 11.7. The van der Waals surface area contributed by atoms with E-state index < -0.39 is 0 Å². The van der Waals surface area contributed by atoms with Crippen LogP contribution in [0.25, 0.3) is 0 Å². The summed E-state index contributed by atoms with van der Waals surface area (Å²) >= 11 is 0. The van der Waals surface area contributed by atoms with Crippen molar-refractivity contribution in [3.63, 3.8) is 0 Å². The Kier molecular flexibility index (Phi) is 25.5. The fourth-order valence-corrected chi connectivity index (χ4v) is 4.56. The minimum atomic E-state index is 0.197. The molecule has 0 fully saturated rings. The van der Waals surface area contributed by atoms with Gasteiger partial charge in [0.1, 0.15) is 0 Å². The summed E-state index contributed by atoms with van der Waals surface area (Å²) in [6, 6.07) is 0. The molecule has 4 nitrogen and oxygen atoms in total. The Hall–Kier alpha value is -0.610.